The summed E-state index contributed by atoms with van der Waals surface area (Å²) in [5.41, 5.74) is 0.853. The van der Waals surface area contributed by atoms with Gasteiger partial charge in [-0.3, -0.25) is 4.79 Å². The van der Waals surface area contributed by atoms with Gasteiger partial charge in [0.25, 0.3) is 0 Å². The van der Waals surface area contributed by atoms with Crippen LogP contribution in [0.1, 0.15) is 19.8 Å². The highest BCUT2D eigenvalue weighted by molar-refractivity contribution is 5.92. The first-order chi connectivity index (χ1) is 9.15. The van der Waals surface area contributed by atoms with E-state index < -0.39 is 0 Å². The molecule has 2 atom stereocenters. The zero-order chi connectivity index (χ0) is 13.7. The molecule has 4 heteroatoms. The number of hydrogen-bond acceptors (Lipinski definition) is 3. The van der Waals surface area contributed by atoms with Crippen LogP contribution in [0.3, 0.4) is 0 Å². The molecule has 0 spiro atoms. The summed E-state index contributed by atoms with van der Waals surface area (Å²) in [5.74, 6) is 0.0257. The van der Waals surface area contributed by atoms with Crippen LogP contribution in [-0.4, -0.2) is 43.0 Å². The van der Waals surface area contributed by atoms with Gasteiger partial charge in [0.05, 0.1) is 6.54 Å². The lowest BCUT2D eigenvalue weighted by atomic mass is 9.99. The molecule has 1 aliphatic heterocycles. The monoisotopic (exact) mass is 261 g/mol. The molecule has 2 unspecified atom stereocenters. The Morgan fingerprint density at radius 3 is 2.79 bits per heavy atom. The van der Waals surface area contributed by atoms with Crippen molar-refractivity contribution in [3.63, 3.8) is 0 Å². The van der Waals surface area contributed by atoms with E-state index in [1.165, 1.54) is 0 Å². The Hall–Kier alpha value is -1.39. The van der Waals surface area contributed by atoms with Crippen molar-refractivity contribution in [1.82, 2.24) is 10.2 Å². The fourth-order valence-electron chi connectivity index (χ4n) is 2.44. The van der Waals surface area contributed by atoms with Gasteiger partial charge in [0, 0.05) is 17.8 Å². The van der Waals surface area contributed by atoms with E-state index in [0.717, 1.165) is 25.1 Å². The smallest absolute Gasteiger partial charge is 0.238 e. The van der Waals surface area contributed by atoms with Crippen LogP contribution in [0, 0.1) is 0 Å². The maximum atomic E-state index is 11.8. The summed E-state index contributed by atoms with van der Waals surface area (Å²) in [7, 11) is 2.16. The van der Waals surface area contributed by atoms with E-state index in [4.69, 9.17) is 0 Å². The minimum absolute atomic E-state index is 0.0257. The molecule has 2 rings (SSSR count). The molecule has 0 aliphatic carbocycles. The number of carbonyl (C=O) groups excluding carboxylic acids is 1. The van der Waals surface area contributed by atoms with Crippen LogP contribution in [0.5, 0.6) is 0 Å². The number of benzene rings is 1. The van der Waals surface area contributed by atoms with Crippen molar-refractivity contribution in [1.29, 1.82) is 0 Å². The summed E-state index contributed by atoms with van der Waals surface area (Å²) < 4.78 is 0. The van der Waals surface area contributed by atoms with E-state index in [0.29, 0.717) is 18.6 Å². The molecule has 1 aliphatic rings. The Morgan fingerprint density at radius 2 is 2.11 bits per heavy atom. The summed E-state index contributed by atoms with van der Waals surface area (Å²) in [6, 6.07) is 10.6. The normalized spacial score (nSPS) is 24.1. The average molecular weight is 261 g/mol. The third kappa shape index (κ3) is 4.33. The van der Waals surface area contributed by atoms with Crippen LogP contribution < -0.4 is 10.6 Å². The Morgan fingerprint density at radius 1 is 1.37 bits per heavy atom. The summed E-state index contributed by atoms with van der Waals surface area (Å²) >= 11 is 0. The van der Waals surface area contributed by atoms with Gasteiger partial charge in [-0.2, -0.15) is 0 Å². The number of anilines is 1. The lowest BCUT2D eigenvalue weighted by Gasteiger charge is -2.35. The molecule has 1 aromatic rings. The second-order valence-electron chi connectivity index (χ2n) is 5.35. The maximum absolute atomic E-state index is 11.8. The van der Waals surface area contributed by atoms with E-state index in [2.05, 4.69) is 29.5 Å². The lowest BCUT2D eigenvalue weighted by Crippen LogP contribution is -2.47. The van der Waals surface area contributed by atoms with Crippen molar-refractivity contribution in [3.8, 4) is 0 Å². The largest absolute Gasteiger partial charge is 0.325 e. The van der Waals surface area contributed by atoms with Crippen molar-refractivity contribution < 1.29 is 4.79 Å². The molecule has 0 aromatic heterocycles. The highest BCUT2D eigenvalue weighted by atomic mass is 16.1. The van der Waals surface area contributed by atoms with Crippen molar-refractivity contribution in [3.05, 3.63) is 30.3 Å². The van der Waals surface area contributed by atoms with Crippen LogP contribution in [0.15, 0.2) is 30.3 Å². The SMILES string of the molecule is CC1CC(NCC(=O)Nc2ccccc2)CCN1C. The van der Waals surface area contributed by atoms with Crippen LogP contribution >= 0.6 is 0 Å². The lowest BCUT2D eigenvalue weighted by molar-refractivity contribution is -0.115. The molecule has 1 fully saturated rings. The van der Waals surface area contributed by atoms with Crippen LogP contribution in [0.25, 0.3) is 0 Å². The molecule has 1 heterocycles. The predicted molar refractivity (Wildman–Crippen MR) is 78.2 cm³/mol. The average Bonchev–Trinajstić information content (AvgIpc) is 2.41. The Labute approximate surface area is 115 Å². The minimum Gasteiger partial charge on any atom is -0.325 e. The van der Waals surface area contributed by atoms with Crippen LogP contribution in [-0.2, 0) is 4.79 Å². The summed E-state index contributed by atoms with van der Waals surface area (Å²) in [4.78, 5) is 14.2. The second-order valence-corrected chi connectivity index (χ2v) is 5.35. The van der Waals surface area contributed by atoms with Gasteiger partial charge < -0.3 is 15.5 Å². The Kier molecular flexibility index (Phi) is 4.93. The van der Waals surface area contributed by atoms with Crippen molar-refractivity contribution in [2.75, 3.05) is 25.5 Å². The predicted octanol–water partition coefficient (Wildman–Crippen LogP) is 1.70. The quantitative estimate of drug-likeness (QED) is 0.867. The topological polar surface area (TPSA) is 44.4 Å². The minimum atomic E-state index is 0.0257. The molecular weight excluding hydrogens is 238 g/mol. The molecule has 1 amide bonds. The van der Waals surface area contributed by atoms with Gasteiger partial charge in [0.15, 0.2) is 0 Å². The fourth-order valence-corrected chi connectivity index (χ4v) is 2.44. The number of rotatable bonds is 4. The summed E-state index contributed by atoms with van der Waals surface area (Å²) in [6.45, 7) is 3.72. The van der Waals surface area contributed by atoms with Gasteiger partial charge in [0.2, 0.25) is 5.91 Å². The number of hydrogen-bond donors (Lipinski definition) is 2. The number of amides is 1. The number of para-hydroxylation sites is 1. The van der Waals surface area contributed by atoms with Gasteiger partial charge >= 0.3 is 0 Å². The van der Waals surface area contributed by atoms with Crippen molar-refractivity contribution >= 4 is 11.6 Å². The van der Waals surface area contributed by atoms with E-state index in [-0.39, 0.29) is 5.91 Å². The first-order valence-corrected chi connectivity index (χ1v) is 6.93. The third-order valence-electron chi connectivity index (χ3n) is 3.82. The number of nitrogens with one attached hydrogen (secondary N) is 2. The van der Waals surface area contributed by atoms with Gasteiger partial charge in [-0.05, 0) is 45.5 Å². The maximum Gasteiger partial charge on any atom is 0.238 e. The van der Waals surface area contributed by atoms with E-state index in [1.54, 1.807) is 0 Å². The van der Waals surface area contributed by atoms with E-state index >= 15 is 0 Å². The zero-order valence-electron chi connectivity index (χ0n) is 11.7. The molecular formula is C15H23N3O. The molecule has 0 bridgehead atoms. The fraction of sp³-hybridized carbons (Fsp3) is 0.533. The standard InChI is InChI=1S/C15H23N3O/c1-12-10-14(8-9-18(12)2)16-11-15(19)17-13-6-4-3-5-7-13/h3-7,12,14,16H,8-11H2,1-2H3,(H,17,19). The van der Waals surface area contributed by atoms with Crippen LogP contribution in [0.2, 0.25) is 0 Å². The van der Waals surface area contributed by atoms with Gasteiger partial charge in [-0.25, -0.2) is 0 Å². The number of nitrogens with zero attached hydrogens (tertiary/aromatic N) is 1. The Balaban J connectivity index is 1.72. The molecule has 0 radical (unpaired) electrons. The van der Waals surface area contributed by atoms with Gasteiger partial charge in [-0.1, -0.05) is 18.2 Å². The van der Waals surface area contributed by atoms with Gasteiger partial charge in [0.1, 0.15) is 0 Å². The first kappa shape index (κ1) is 14.0. The molecule has 1 aromatic carbocycles. The number of carbonyl (C=O) groups is 1. The number of piperidine rings is 1. The highest BCUT2D eigenvalue weighted by Crippen LogP contribution is 2.15. The molecule has 1 saturated heterocycles. The zero-order valence-corrected chi connectivity index (χ0v) is 11.7. The van der Waals surface area contributed by atoms with Crippen molar-refractivity contribution in [2.24, 2.45) is 0 Å². The Bertz CT molecular complexity index is 407. The summed E-state index contributed by atoms with van der Waals surface area (Å²) in [5, 5.41) is 6.24. The second kappa shape index (κ2) is 6.68. The first-order valence-electron chi connectivity index (χ1n) is 6.93. The molecule has 104 valence electrons. The van der Waals surface area contributed by atoms with Gasteiger partial charge in [-0.15, -0.1) is 0 Å². The van der Waals surface area contributed by atoms with E-state index in [9.17, 15) is 4.79 Å². The third-order valence-corrected chi connectivity index (χ3v) is 3.82. The molecule has 4 nitrogen and oxygen atoms in total. The highest BCUT2D eigenvalue weighted by Gasteiger charge is 2.22. The summed E-state index contributed by atoms with van der Waals surface area (Å²) in [6.07, 6.45) is 2.22. The molecule has 0 saturated carbocycles. The molecule has 2 N–H and O–H groups in total. The van der Waals surface area contributed by atoms with Crippen molar-refractivity contribution in [2.45, 2.75) is 31.8 Å². The van der Waals surface area contributed by atoms with Crippen LogP contribution in [0.4, 0.5) is 5.69 Å². The number of likely N-dealkylation sites (tertiary alicyclic amines) is 1. The molecule has 19 heavy (non-hydrogen) atoms. The van der Waals surface area contributed by atoms with E-state index in [1.807, 2.05) is 30.3 Å².